The summed E-state index contributed by atoms with van der Waals surface area (Å²) in [6.45, 7) is 7.17. The van der Waals surface area contributed by atoms with Crippen molar-refractivity contribution >= 4 is 12.1 Å². The van der Waals surface area contributed by atoms with E-state index in [1.807, 2.05) is 12.1 Å². The molecule has 62 valence electrons. The Morgan fingerprint density at radius 1 is 1.50 bits per heavy atom. The second-order valence-electron chi connectivity index (χ2n) is 2.26. The molecule has 0 atom stereocenters. The molecule has 1 heterocycles. The van der Waals surface area contributed by atoms with Gasteiger partial charge in [0, 0.05) is 11.8 Å². The van der Waals surface area contributed by atoms with Crippen LogP contribution in [0, 0.1) is 0 Å². The van der Waals surface area contributed by atoms with E-state index >= 15 is 0 Å². The van der Waals surface area contributed by atoms with Crippen molar-refractivity contribution in [2.24, 2.45) is 4.99 Å². The zero-order valence-corrected chi connectivity index (χ0v) is 6.86. The molecule has 1 aromatic rings. The molecule has 0 N–H and O–H groups in total. The van der Waals surface area contributed by atoms with Crippen LogP contribution in [0.3, 0.4) is 0 Å². The second-order valence-corrected chi connectivity index (χ2v) is 2.26. The molecule has 0 fully saturated rings. The topological polar surface area (TPSA) is 25.5 Å². The van der Waals surface area contributed by atoms with Gasteiger partial charge < -0.3 is 4.42 Å². The number of hydrogen-bond acceptors (Lipinski definition) is 2. The summed E-state index contributed by atoms with van der Waals surface area (Å²) in [7, 11) is 0. The second kappa shape index (κ2) is 4.34. The lowest BCUT2D eigenvalue weighted by Crippen LogP contribution is -1.74. The number of nitrogens with zero attached hydrogens (tertiary/aromatic N) is 1. The first kappa shape index (κ1) is 8.53. The molecule has 0 aliphatic heterocycles. The Morgan fingerprint density at radius 3 is 3.00 bits per heavy atom. The van der Waals surface area contributed by atoms with Gasteiger partial charge in [-0.3, -0.25) is 0 Å². The van der Waals surface area contributed by atoms with E-state index in [2.05, 4.69) is 18.2 Å². The Hall–Kier alpha value is -1.57. The number of aliphatic imine (C=N–C) groups is 1. The minimum absolute atomic E-state index is 0.634. The van der Waals surface area contributed by atoms with E-state index in [4.69, 9.17) is 4.42 Å². The molecule has 0 spiro atoms. The predicted octanol–water partition coefficient (Wildman–Crippen LogP) is 2.90. The van der Waals surface area contributed by atoms with Gasteiger partial charge in [-0.15, -0.1) is 6.58 Å². The van der Waals surface area contributed by atoms with Crippen molar-refractivity contribution in [2.75, 3.05) is 0 Å². The summed E-state index contributed by atoms with van der Waals surface area (Å²) < 4.78 is 5.13. The van der Waals surface area contributed by atoms with Crippen LogP contribution in [0.2, 0.25) is 0 Å². The molecule has 0 unspecified atom stereocenters. The summed E-state index contributed by atoms with van der Waals surface area (Å²) in [6, 6.07) is 1.89. The van der Waals surface area contributed by atoms with Gasteiger partial charge in [-0.25, -0.2) is 4.99 Å². The highest BCUT2D eigenvalue weighted by Gasteiger charge is 2.00. The molecular weight excluding hydrogens is 150 g/mol. The van der Waals surface area contributed by atoms with Crippen molar-refractivity contribution in [3.63, 3.8) is 0 Å². The normalized spacial score (nSPS) is 10.3. The van der Waals surface area contributed by atoms with Crippen LogP contribution in [0.5, 0.6) is 0 Å². The van der Waals surface area contributed by atoms with E-state index in [0.717, 1.165) is 12.0 Å². The highest BCUT2D eigenvalue weighted by atomic mass is 16.3. The Balaban J connectivity index is 2.82. The number of rotatable bonds is 4. The molecule has 12 heavy (non-hydrogen) atoms. The first-order valence-corrected chi connectivity index (χ1v) is 3.71. The largest absolute Gasteiger partial charge is 0.446 e. The van der Waals surface area contributed by atoms with Gasteiger partial charge >= 0.3 is 0 Å². The summed E-state index contributed by atoms with van der Waals surface area (Å²) in [6.07, 6.45) is 7.43. The van der Waals surface area contributed by atoms with E-state index in [0.29, 0.717) is 5.88 Å². The Bertz CT molecular complexity index is 297. The molecule has 1 rings (SSSR count). The van der Waals surface area contributed by atoms with Crippen LogP contribution in [0.1, 0.15) is 5.56 Å². The monoisotopic (exact) mass is 161 g/mol. The first-order chi connectivity index (χ1) is 5.88. The van der Waals surface area contributed by atoms with Gasteiger partial charge in [-0.05, 0) is 12.5 Å². The van der Waals surface area contributed by atoms with E-state index < -0.39 is 0 Å². The number of hydrogen-bond donors (Lipinski definition) is 0. The molecule has 2 nitrogen and oxygen atoms in total. The van der Waals surface area contributed by atoms with Gasteiger partial charge in [0.1, 0.15) is 0 Å². The molecule has 2 heteroatoms. The average molecular weight is 161 g/mol. The van der Waals surface area contributed by atoms with Crippen LogP contribution < -0.4 is 0 Å². The quantitative estimate of drug-likeness (QED) is 0.492. The minimum Gasteiger partial charge on any atom is -0.446 e. The van der Waals surface area contributed by atoms with Crippen LogP contribution in [-0.4, -0.2) is 6.21 Å². The molecule has 0 aliphatic carbocycles. The lowest BCUT2D eigenvalue weighted by Gasteiger charge is -1.90. The van der Waals surface area contributed by atoms with Crippen molar-refractivity contribution in [2.45, 2.75) is 6.42 Å². The average Bonchev–Trinajstić information content (AvgIpc) is 2.50. The van der Waals surface area contributed by atoms with Gasteiger partial charge in [0.05, 0.1) is 6.26 Å². The van der Waals surface area contributed by atoms with Crippen molar-refractivity contribution < 1.29 is 4.42 Å². The van der Waals surface area contributed by atoms with Gasteiger partial charge in [-0.2, -0.15) is 0 Å². The molecule has 0 aromatic carbocycles. The molecule has 0 radical (unpaired) electrons. The molecule has 0 bridgehead atoms. The minimum atomic E-state index is 0.634. The third kappa shape index (κ3) is 1.95. The maximum Gasteiger partial charge on any atom is 0.221 e. The van der Waals surface area contributed by atoms with Crippen molar-refractivity contribution in [1.82, 2.24) is 0 Å². The molecule has 0 aliphatic rings. The molecule has 0 saturated heterocycles. The van der Waals surface area contributed by atoms with Crippen molar-refractivity contribution in [3.05, 3.63) is 43.2 Å². The van der Waals surface area contributed by atoms with E-state index in [9.17, 15) is 0 Å². The molecule has 0 saturated carbocycles. The van der Waals surface area contributed by atoms with Gasteiger partial charge in [0.25, 0.3) is 0 Å². The smallest absolute Gasteiger partial charge is 0.221 e. The van der Waals surface area contributed by atoms with Crippen LogP contribution in [0.4, 0.5) is 5.88 Å². The summed E-state index contributed by atoms with van der Waals surface area (Å²) >= 11 is 0. The highest BCUT2D eigenvalue weighted by molar-refractivity contribution is 5.73. The third-order valence-corrected chi connectivity index (χ3v) is 1.39. The number of furan rings is 1. The van der Waals surface area contributed by atoms with Gasteiger partial charge in [-0.1, -0.05) is 18.7 Å². The standard InChI is InChI=1S/C10H11NO/c1-3-5-9-6-8-12-10(9)11-7-4-2/h3-4,6-8H,1-2,5H2. The van der Waals surface area contributed by atoms with Crippen molar-refractivity contribution in [3.8, 4) is 0 Å². The van der Waals surface area contributed by atoms with Crippen LogP contribution in [0.15, 0.2) is 47.0 Å². The first-order valence-electron chi connectivity index (χ1n) is 3.71. The fourth-order valence-corrected chi connectivity index (χ4v) is 0.872. The maximum absolute atomic E-state index is 5.13. The predicted molar refractivity (Wildman–Crippen MR) is 51.0 cm³/mol. The van der Waals surface area contributed by atoms with E-state index in [1.54, 1.807) is 18.6 Å². The fraction of sp³-hybridized carbons (Fsp3) is 0.100. The Kier molecular flexibility index (Phi) is 3.08. The van der Waals surface area contributed by atoms with Crippen LogP contribution in [-0.2, 0) is 6.42 Å². The number of allylic oxidation sites excluding steroid dienone is 2. The zero-order chi connectivity index (χ0) is 8.81. The van der Waals surface area contributed by atoms with Crippen LogP contribution >= 0.6 is 0 Å². The van der Waals surface area contributed by atoms with Gasteiger partial charge in [0.15, 0.2) is 0 Å². The summed E-state index contributed by atoms with van der Waals surface area (Å²) in [5.41, 5.74) is 1.04. The van der Waals surface area contributed by atoms with Gasteiger partial charge in [0.2, 0.25) is 5.88 Å². The lowest BCUT2D eigenvalue weighted by atomic mass is 10.2. The Labute approximate surface area is 71.9 Å². The highest BCUT2D eigenvalue weighted by Crippen LogP contribution is 2.20. The molecular formula is C10H11NO. The third-order valence-electron chi connectivity index (χ3n) is 1.39. The maximum atomic E-state index is 5.13. The summed E-state index contributed by atoms with van der Waals surface area (Å²) in [5, 5.41) is 0. The molecule has 0 amide bonds. The molecule has 1 aromatic heterocycles. The summed E-state index contributed by atoms with van der Waals surface area (Å²) in [5.74, 6) is 0.634. The van der Waals surface area contributed by atoms with E-state index in [-0.39, 0.29) is 0 Å². The SMILES string of the molecule is C=CC=Nc1occc1CC=C. The Morgan fingerprint density at radius 2 is 2.33 bits per heavy atom. The lowest BCUT2D eigenvalue weighted by molar-refractivity contribution is 0.576. The fourth-order valence-electron chi connectivity index (χ4n) is 0.872. The van der Waals surface area contributed by atoms with Crippen molar-refractivity contribution in [1.29, 1.82) is 0 Å². The zero-order valence-electron chi connectivity index (χ0n) is 6.86. The van der Waals surface area contributed by atoms with Crippen LogP contribution in [0.25, 0.3) is 0 Å². The van der Waals surface area contributed by atoms with E-state index in [1.165, 1.54) is 0 Å². The summed E-state index contributed by atoms with van der Waals surface area (Å²) in [4.78, 5) is 4.05.